The Bertz CT molecular complexity index is 2340. The minimum atomic E-state index is 0.120. The van der Waals surface area contributed by atoms with E-state index in [1.807, 2.05) is 0 Å². The Morgan fingerprint density at radius 1 is 0.462 bits per heavy atom. The fraction of sp³-hybridized carbons (Fsp3) is 0. The van der Waals surface area contributed by atoms with Crippen molar-refractivity contribution in [3.63, 3.8) is 0 Å². The molecule has 0 aliphatic carbocycles. The standard InChI is InChI=1S/C36H21BN2/c1-2-10-22(11-3-1)23-20-28-25-13-5-7-18-32(25)39-35(28)29(21-23)26-14-9-19-33-34(26)37(39)30-16-8-15-27-24-12-4-6-17-31(24)38(33)36(27)30/h1-21H. The third-order valence-electron chi connectivity index (χ3n) is 9.08. The number of hydrogen-bond acceptors (Lipinski definition) is 0. The van der Waals surface area contributed by atoms with Gasteiger partial charge in [0.2, 0.25) is 0 Å². The lowest BCUT2D eigenvalue weighted by atomic mass is 9.45. The maximum atomic E-state index is 2.64. The van der Waals surface area contributed by atoms with Crippen LogP contribution < -0.4 is 10.9 Å². The molecule has 2 aliphatic heterocycles. The van der Waals surface area contributed by atoms with Gasteiger partial charge in [-0.1, -0.05) is 97.1 Å². The first kappa shape index (κ1) is 20.0. The fourth-order valence-corrected chi connectivity index (χ4v) is 7.61. The van der Waals surface area contributed by atoms with E-state index < -0.39 is 0 Å². The average molecular weight is 492 g/mol. The van der Waals surface area contributed by atoms with Crippen molar-refractivity contribution in [1.82, 2.24) is 9.05 Å². The van der Waals surface area contributed by atoms with Gasteiger partial charge in [0.15, 0.2) is 0 Å². The molecule has 2 aliphatic rings. The SMILES string of the molecule is c1ccc(-c2cc3c4c(c2)c2ccccc2n4B2c4c-3cccc4-n3c4ccccc4c4cccc2c43)cc1. The number of nitrogens with zero attached hydrogens (tertiary/aromatic N) is 2. The Balaban J connectivity index is 1.45. The molecule has 2 aromatic heterocycles. The fourth-order valence-electron chi connectivity index (χ4n) is 7.61. The molecular formula is C36H21BN2. The van der Waals surface area contributed by atoms with Crippen LogP contribution >= 0.6 is 0 Å². The van der Waals surface area contributed by atoms with Gasteiger partial charge in [-0.2, -0.15) is 0 Å². The third-order valence-corrected chi connectivity index (χ3v) is 9.08. The van der Waals surface area contributed by atoms with Crippen molar-refractivity contribution in [2.75, 3.05) is 0 Å². The Labute approximate surface area is 225 Å². The molecule has 39 heavy (non-hydrogen) atoms. The van der Waals surface area contributed by atoms with Gasteiger partial charge >= 0.3 is 6.85 Å². The lowest BCUT2D eigenvalue weighted by molar-refractivity contribution is 1.17. The van der Waals surface area contributed by atoms with E-state index in [0.717, 1.165) is 0 Å². The molecule has 178 valence electrons. The molecule has 0 unspecified atom stereocenters. The van der Waals surface area contributed by atoms with Gasteiger partial charge < -0.3 is 9.05 Å². The summed E-state index contributed by atoms with van der Waals surface area (Å²) in [4.78, 5) is 0. The topological polar surface area (TPSA) is 9.86 Å². The summed E-state index contributed by atoms with van der Waals surface area (Å²) in [6, 6.07) is 47.3. The lowest BCUT2D eigenvalue weighted by Crippen LogP contribution is -2.55. The molecule has 0 radical (unpaired) electrons. The zero-order valence-electron chi connectivity index (χ0n) is 21.1. The molecule has 6 aromatic carbocycles. The third kappa shape index (κ3) is 2.31. The zero-order valence-corrected chi connectivity index (χ0v) is 21.1. The molecule has 10 rings (SSSR count). The van der Waals surface area contributed by atoms with Crippen LogP contribution in [0, 0.1) is 0 Å². The molecule has 0 amide bonds. The van der Waals surface area contributed by atoms with Gasteiger partial charge in [-0.3, -0.25) is 0 Å². The molecule has 2 nitrogen and oxygen atoms in total. The maximum Gasteiger partial charge on any atom is 0.333 e. The second kappa shape index (κ2) is 6.89. The summed E-state index contributed by atoms with van der Waals surface area (Å²) in [5, 5.41) is 5.30. The molecule has 4 heterocycles. The van der Waals surface area contributed by atoms with Crippen molar-refractivity contribution in [3.05, 3.63) is 127 Å². The van der Waals surface area contributed by atoms with E-state index in [1.165, 1.54) is 82.5 Å². The van der Waals surface area contributed by atoms with Crippen LogP contribution in [0.5, 0.6) is 0 Å². The Morgan fingerprint density at radius 2 is 1.18 bits per heavy atom. The minimum absolute atomic E-state index is 0.120. The van der Waals surface area contributed by atoms with Crippen molar-refractivity contribution < 1.29 is 0 Å². The Kier molecular flexibility index (Phi) is 3.54. The van der Waals surface area contributed by atoms with E-state index in [1.54, 1.807) is 0 Å². The minimum Gasteiger partial charge on any atom is -0.375 e. The van der Waals surface area contributed by atoms with E-state index in [0.29, 0.717) is 0 Å². The Hall–Kier alpha value is -5.02. The summed E-state index contributed by atoms with van der Waals surface area (Å²) in [6.07, 6.45) is 0. The molecule has 0 fully saturated rings. The van der Waals surface area contributed by atoms with Crippen LogP contribution in [0.15, 0.2) is 127 Å². The van der Waals surface area contributed by atoms with Crippen LogP contribution in [-0.2, 0) is 0 Å². The van der Waals surface area contributed by atoms with Crippen LogP contribution in [0.2, 0.25) is 0 Å². The molecule has 0 bridgehead atoms. The second-order valence-corrected chi connectivity index (χ2v) is 10.9. The summed E-state index contributed by atoms with van der Waals surface area (Å²) in [5.74, 6) is 0. The Morgan fingerprint density at radius 3 is 2.05 bits per heavy atom. The summed E-state index contributed by atoms with van der Waals surface area (Å²) in [5.41, 5.74) is 14.5. The van der Waals surface area contributed by atoms with Crippen LogP contribution in [0.1, 0.15) is 0 Å². The molecular weight excluding hydrogens is 471 g/mol. The summed E-state index contributed by atoms with van der Waals surface area (Å²) in [6.45, 7) is 0.120. The van der Waals surface area contributed by atoms with Crippen LogP contribution in [0.25, 0.3) is 71.6 Å². The highest BCUT2D eigenvalue weighted by Crippen LogP contribution is 2.44. The molecule has 8 aromatic rings. The summed E-state index contributed by atoms with van der Waals surface area (Å²) < 4.78 is 5.15. The largest absolute Gasteiger partial charge is 0.375 e. The highest BCUT2D eigenvalue weighted by molar-refractivity contribution is 6.90. The highest BCUT2D eigenvalue weighted by Gasteiger charge is 2.41. The quantitative estimate of drug-likeness (QED) is 0.210. The van der Waals surface area contributed by atoms with Crippen LogP contribution in [0.3, 0.4) is 0 Å². The molecule has 3 heteroatoms. The molecule has 0 saturated carbocycles. The second-order valence-electron chi connectivity index (χ2n) is 10.9. The van der Waals surface area contributed by atoms with E-state index in [-0.39, 0.29) is 6.85 Å². The van der Waals surface area contributed by atoms with Crippen molar-refractivity contribution in [3.8, 4) is 27.9 Å². The van der Waals surface area contributed by atoms with Gasteiger partial charge in [-0.15, -0.1) is 0 Å². The predicted molar refractivity (Wildman–Crippen MR) is 165 cm³/mol. The van der Waals surface area contributed by atoms with E-state index in [4.69, 9.17) is 0 Å². The number of rotatable bonds is 1. The van der Waals surface area contributed by atoms with Gasteiger partial charge in [0, 0.05) is 43.8 Å². The zero-order chi connectivity index (χ0) is 25.2. The van der Waals surface area contributed by atoms with Crippen LogP contribution in [-0.4, -0.2) is 15.9 Å². The highest BCUT2D eigenvalue weighted by atomic mass is 15.0. The number of hydrogen-bond donors (Lipinski definition) is 0. The van der Waals surface area contributed by atoms with Gasteiger partial charge in [-0.25, -0.2) is 0 Å². The smallest absolute Gasteiger partial charge is 0.333 e. The van der Waals surface area contributed by atoms with Gasteiger partial charge in [0.1, 0.15) is 0 Å². The molecule has 0 N–H and O–H groups in total. The normalized spacial score (nSPS) is 13.1. The summed E-state index contributed by atoms with van der Waals surface area (Å²) >= 11 is 0. The van der Waals surface area contributed by atoms with E-state index >= 15 is 0 Å². The summed E-state index contributed by atoms with van der Waals surface area (Å²) in [7, 11) is 0. The van der Waals surface area contributed by atoms with Crippen molar-refractivity contribution in [2.24, 2.45) is 0 Å². The van der Waals surface area contributed by atoms with E-state index in [9.17, 15) is 0 Å². The molecule has 0 atom stereocenters. The van der Waals surface area contributed by atoms with Crippen molar-refractivity contribution in [2.45, 2.75) is 0 Å². The molecule has 0 saturated heterocycles. The average Bonchev–Trinajstić information content (AvgIpc) is 3.52. The van der Waals surface area contributed by atoms with Gasteiger partial charge in [0.25, 0.3) is 0 Å². The first-order chi connectivity index (χ1) is 19.4. The monoisotopic (exact) mass is 492 g/mol. The first-order valence-electron chi connectivity index (χ1n) is 13.7. The number of benzene rings is 6. The molecule has 0 spiro atoms. The number of aromatic nitrogens is 2. The predicted octanol–water partition coefficient (Wildman–Crippen LogP) is 7.51. The number of para-hydroxylation sites is 3. The number of fused-ring (bicyclic) bond motifs is 10. The van der Waals surface area contributed by atoms with Crippen molar-refractivity contribution in [1.29, 1.82) is 0 Å². The first-order valence-corrected chi connectivity index (χ1v) is 13.7. The van der Waals surface area contributed by atoms with Crippen molar-refractivity contribution >= 4 is 61.4 Å². The maximum absolute atomic E-state index is 2.64. The lowest BCUT2D eigenvalue weighted by Gasteiger charge is -2.34. The van der Waals surface area contributed by atoms with E-state index in [2.05, 4.69) is 136 Å². The van der Waals surface area contributed by atoms with Crippen LogP contribution in [0.4, 0.5) is 0 Å². The van der Waals surface area contributed by atoms with Gasteiger partial charge in [0.05, 0.1) is 11.0 Å². The van der Waals surface area contributed by atoms with Gasteiger partial charge in [-0.05, 0) is 57.9 Å².